The van der Waals surface area contributed by atoms with Crippen LogP contribution in [0.15, 0.2) is 59.5 Å². The Hall–Kier alpha value is -1.94. The third kappa shape index (κ3) is 5.52. The molecule has 0 spiro atoms. The molecule has 0 fully saturated rings. The van der Waals surface area contributed by atoms with Crippen molar-refractivity contribution in [3.8, 4) is 0 Å². The smallest absolute Gasteiger partial charge is 0.315 e. The molecule has 110 valence electrons. The van der Waals surface area contributed by atoms with Crippen LogP contribution in [0.5, 0.6) is 0 Å². The van der Waals surface area contributed by atoms with E-state index in [1.54, 1.807) is 11.8 Å². The van der Waals surface area contributed by atoms with Gasteiger partial charge < -0.3 is 10.6 Å². The summed E-state index contributed by atoms with van der Waals surface area (Å²) in [7, 11) is 0. The third-order valence-corrected chi connectivity index (χ3v) is 3.90. The van der Waals surface area contributed by atoms with E-state index in [0.717, 1.165) is 12.0 Å². The fraction of sp³-hybridized carbons (Fsp3) is 0.235. The van der Waals surface area contributed by atoms with Gasteiger partial charge in [-0.15, -0.1) is 11.8 Å². The fourth-order valence-electron chi connectivity index (χ4n) is 1.95. The number of nitrogens with one attached hydrogen (secondary N) is 2. The van der Waals surface area contributed by atoms with Crippen LogP contribution in [0.2, 0.25) is 0 Å². The average Bonchev–Trinajstić information content (AvgIpc) is 2.54. The zero-order chi connectivity index (χ0) is 14.9. The lowest BCUT2D eigenvalue weighted by atomic mass is 10.1. The molecule has 0 atom stereocenters. The lowest BCUT2D eigenvalue weighted by Gasteiger charge is -2.08. The van der Waals surface area contributed by atoms with Crippen LogP contribution >= 0.6 is 11.8 Å². The van der Waals surface area contributed by atoms with Gasteiger partial charge in [-0.25, -0.2) is 4.79 Å². The number of rotatable bonds is 6. The second-order valence-corrected chi connectivity index (χ2v) is 5.57. The first kappa shape index (κ1) is 15.4. The lowest BCUT2D eigenvalue weighted by Crippen LogP contribution is -2.36. The highest BCUT2D eigenvalue weighted by Crippen LogP contribution is 2.14. The predicted molar refractivity (Wildman–Crippen MR) is 88.6 cm³/mol. The molecular weight excluding hydrogens is 280 g/mol. The van der Waals surface area contributed by atoms with Gasteiger partial charge >= 0.3 is 6.03 Å². The predicted octanol–water partition coefficient (Wildman–Crippen LogP) is 3.45. The quantitative estimate of drug-likeness (QED) is 0.802. The van der Waals surface area contributed by atoms with Crippen molar-refractivity contribution < 1.29 is 4.79 Å². The number of urea groups is 1. The first-order chi connectivity index (χ1) is 10.3. The van der Waals surface area contributed by atoms with Gasteiger partial charge in [-0.2, -0.15) is 0 Å². The van der Waals surface area contributed by atoms with Crippen LogP contribution in [0.25, 0.3) is 0 Å². The summed E-state index contributed by atoms with van der Waals surface area (Å²) in [6.07, 6.45) is 2.90. The van der Waals surface area contributed by atoms with Crippen molar-refractivity contribution in [2.75, 3.05) is 12.8 Å². The number of carbonyl (C=O) groups excluding carboxylic acids is 1. The largest absolute Gasteiger partial charge is 0.338 e. The van der Waals surface area contributed by atoms with E-state index in [9.17, 15) is 4.79 Å². The maximum absolute atomic E-state index is 11.7. The van der Waals surface area contributed by atoms with Gasteiger partial charge in [-0.1, -0.05) is 42.5 Å². The Morgan fingerprint density at radius 1 is 0.952 bits per heavy atom. The molecule has 0 unspecified atom stereocenters. The van der Waals surface area contributed by atoms with Gasteiger partial charge in [0.05, 0.1) is 0 Å². The Bertz CT molecular complexity index is 555. The highest BCUT2D eigenvalue weighted by molar-refractivity contribution is 7.98. The molecule has 0 bridgehead atoms. The summed E-state index contributed by atoms with van der Waals surface area (Å²) < 4.78 is 0. The second-order valence-electron chi connectivity index (χ2n) is 4.69. The first-order valence-corrected chi connectivity index (χ1v) is 8.19. The molecule has 0 heterocycles. The Morgan fingerprint density at radius 2 is 1.67 bits per heavy atom. The number of amides is 2. The molecule has 0 saturated carbocycles. The van der Waals surface area contributed by atoms with Crippen LogP contribution in [0.4, 0.5) is 4.79 Å². The molecule has 2 aromatic carbocycles. The van der Waals surface area contributed by atoms with E-state index in [4.69, 9.17) is 0 Å². The van der Waals surface area contributed by atoms with E-state index in [1.807, 2.05) is 30.3 Å². The maximum atomic E-state index is 11.7. The molecule has 21 heavy (non-hydrogen) atoms. The molecule has 0 radical (unpaired) electrons. The third-order valence-electron chi connectivity index (χ3n) is 3.15. The minimum absolute atomic E-state index is 0.125. The summed E-state index contributed by atoms with van der Waals surface area (Å²) in [5.74, 6) is 0. The number of hydrogen-bond donors (Lipinski definition) is 2. The number of thioether (sulfide) groups is 1. The highest BCUT2D eigenvalue weighted by Gasteiger charge is 2.00. The van der Waals surface area contributed by atoms with Gasteiger partial charge in [-0.3, -0.25) is 0 Å². The molecule has 2 aromatic rings. The van der Waals surface area contributed by atoms with Crippen LogP contribution in [-0.2, 0) is 13.0 Å². The molecule has 2 amide bonds. The monoisotopic (exact) mass is 300 g/mol. The molecule has 2 rings (SSSR count). The average molecular weight is 300 g/mol. The van der Waals surface area contributed by atoms with Gasteiger partial charge in [0.15, 0.2) is 0 Å². The first-order valence-electron chi connectivity index (χ1n) is 6.96. The summed E-state index contributed by atoms with van der Waals surface area (Å²) >= 11 is 1.73. The second kappa shape index (κ2) is 8.37. The Kier molecular flexibility index (Phi) is 6.16. The lowest BCUT2D eigenvalue weighted by molar-refractivity contribution is 0.240. The minimum atomic E-state index is -0.125. The standard InChI is InChI=1S/C17H20N2OS/c1-21-16-9-7-14(8-10-16)11-12-18-17(20)19-13-15-5-3-2-4-6-15/h2-10H,11-13H2,1H3,(H2,18,19,20). The summed E-state index contributed by atoms with van der Waals surface area (Å²) in [6.45, 7) is 1.19. The molecule has 0 saturated heterocycles. The molecule has 0 aliphatic heterocycles. The van der Waals surface area contributed by atoms with E-state index in [0.29, 0.717) is 13.1 Å². The van der Waals surface area contributed by atoms with Crippen molar-refractivity contribution in [3.63, 3.8) is 0 Å². The fourth-order valence-corrected chi connectivity index (χ4v) is 2.36. The number of hydrogen-bond acceptors (Lipinski definition) is 2. The molecule has 3 nitrogen and oxygen atoms in total. The van der Waals surface area contributed by atoms with E-state index in [-0.39, 0.29) is 6.03 Å². The van der Waals surface area contributed by atoms with Gasteiger partial charge in [0.2, 0.25) is 0 Å². The van der Waals surface area contributed by atoms with Crippen LogP contribution in [0, 0.1) is 0 Å². The zero-order valence-electron chi connectivity index (χ0n) is 12.1. The van der Waals surface area contributed by atoms with Crippen LogP contribution in [-0.4, -0.2) is 18.8 Å². The van der Waals surface area contributed by atoms with Crippen molar-refractivity contribution in [2.24, 2.45) is 0 Å². The van der Waals surface area contributed by atoms with Gasteiger partial charge in [0.1, 0.15) is 0 Å². The molecule has 0 aliphatic carbocycles. The summed E-state index contributed by atoms with van der Waals surface area (Å²) in [6, 6.07) is 18.2. The topological polar surface area (TPSA) is 41.1 Å². The Balaban J connectivity index is 1.66. The number of benzene rings is 2. The van der Waals surface area contributed by atoms with Crippen LogP contribution in [0.3, 0.4) is 0 Å². The molecular formula is C17H20N2OS. The van der Waals surface area contributed by atoms with Crippen molar-refractivity contribution in [1.82, 2.24) is 10.6 Å². The van der Waals surface area contributed by atoms with E-state index < -0.39 is 0 Å². The minimum Gasteiger partial charge on any atom is -0.338 e. The highest BCUT2D eigenvalue weighted by atomic mass is 32.2. The van der Waals surface area contributed by atoms with Crippen LogP contribution in [0.1, 0.15) is 11.1 Å². The van der Waals surface area contributed by atoms with E-state index in [1.165, 1.54) is 10.5 Å². The van der Waals surface area contributed by atoms with E-state index in [2.05, 4.69) is 41.2 Å². The van der Waals surface area contributed by atoms with Crippen LogP contribution < -0.4 is 10.6 Å². The molecule has 2 N–H and O–H groups in total. The SMILES string of the molecule is CSc1ccc(CCNC(=O)NCc2ccccc2)cc1. The Morgan fingerprint density at radius 3 is 2.33 bits per heavy atom. The normalized spacial score (nSPS) is 10.1. The summed E-state index contributed by atoms with van der Waals surface area (Å²) in [4.78, 5) is 12.9. The van der Waals surface area contributed by atoms with Crippen molar-refractivity contribution >= 4 is 17.8 Å². The molecule has 0 aliphatic rings. The van der Waals surface area contributed by atoms with Crippen molar-refractivity contribution in [3.05, 3.63) is 65.7 Å². The van der Waals surface area contributed by atoms with Crippen molar-refractivity contribution in [2.45, 2.75) is 17.9 Å². The van der Waals surface area contributed by atoms with E-state index >= 15 is 0 Å². The van der Waals surface area contributed by atoms with Crippen molar-refractivity contribution in [1.29, 1.82) is 0 Å². The van der Waals surface area contributed by atoms with Gasteiger partial charge in [-0.05, 0) is 35.9 Å². The summed E-state index contributed by atoms with van der Waals surface area (Å²) in [5.41, 5.74) is 2.33. The number of carbonyl (C=O) groups is 1. The van der Waals surface area contributed by atoms with Gasteiger partial charge in [0.25, 0.3) is 0 Å². The maximum Gasteiger partial charge on any atom is 0.315 e. The van der Waals surface area contributed by atoms with Gasteiger partial charge in [0, 0.05) is 18.0 Å². The molecule has 4 heteroatoms. The Labute approximate surface area is 130 Å². The molecule has 0 aromatic heterocycles. The zero-order valence-corrected chi connectivity index (χ0v) is 13.0. The summed E-state index contributed by atoms with van der Waals surface area (Å²) in [5, 5.41) is 5.72.